The van der Waals surface area contributed by atoms with Crippen LogP contribution >= 0.6 is 0 Å². The fraction of sp³-hybridized carbons (Fsp3) is 0.368. The molecule has 29 heavy (non-hydrogen) atoms. The molecule has 10 heteroatoms. The summed E-state index contributed by atoms with van der Waals surface area (Å²) in [5.74, 6) is -0.436. The first-order valence-electron chi connectivity index (χ1n) is 8.87. The average Bonchev–Trinajstić information content (AvgIpc) is 3.14. The highest BCUT2D eigenvalue weighted by Crippen LogP contribution is 2.39. The van der Waals surface area contributed by atoms with Crippen LogP contribution in [0, 0.1) is 6.92 Å². The van der Waals surface area contributed by atoms with Gasteiger partial charge in [0.1, 0.15) is 5.75 Å². The minimum atomic E-state index is -4.56. The van der Waals surface area contributed by atoms with Crippen molar-refractivity contribution in [3.05, 3.63) is 41.6 Å². The standard InChI is InChI=1S/C19H18F3N3O3S/c1-11-7-13(19(20,21)22)8-15(26)16(11)14-4-3-12-9-25(24-17(12)23-14)18(2)5-6-29(27,28)10-18/h3-4,7-9,26H,5-6,10H2,1-2H3/t18-/m0/s1. The number of pyridine rings is 1. The molecule has 1 aromatic carbocycles. The number of nitrogens with zero attached hydrogens (tertiary/aromatic N) is 3. The Balaban J connectivity index is 1.78. The number of alkyl halides is 3. The summed E-state index contributed by atoms with van der Waals surface area (Å²) in [6.45, 7) is 3.29. The lowest BCUT2D eigenvalue weighted by Gasteiger charge is -2.22. The zero-order valence-corrected chi connectivity index (χ0v) is 16.5. The molecule has 6 nitrogen and oxygen atoms in total. The summed E-state index contributed by atoms with van der Waals surface area (Å²) in [4.78, 5) is 4.40. The minimum Gasteiger partial charge on any atom is -0.507 e. The van der Waals surface area contributed by atoms with Crippen molar-refractivity contribution in [1.82, 2.24) is 14.8 Å². The Kier molecular flexibility index (Phi) is 4.20. The summed E-state index contributed by atoms with van der Waals surface area (Å²) < 4.78 is 64.2. The van der Waals surface area contributed by atoms with Gasteiger partial charge in [0.25, 0.3) is 0 Å². The maximum Gasteiger partial charge on any atom is 0.416 e. The van der Waals surface area contributed by atoms with E-state index in [-0.39, 0.29) is 28.3 Å². The van der Waals surface area contributed by atoms with Crippen LogP contribution in [0.5, 0.6) is 5.75 Å². The summed E-state index contributed by atoms with van der Waals surface area (Å²) in [6.07, 6.45) is -2.41. The summed E-state index contributed by atoms with van der Waals surface area (Å²) >= 11 is 0. The van der Waals surface area contributed by atoms with Crippen molar-refractivity contribution in [2.45, 2.75) is 32.0 Å². The summed E-state index contributed by atoms with van der Waals surface area (Å²) in [6, 6.07) is 4.93. The second-order valence-electron chi connectivity index (χ2n) is 7.71. The number of sulfone groups is 1. The Morgan fingerprint density at radius 2 is 1.97 bits per heavy atom. The first kappa shape index (κ1) is 19.7. The van der Waals surface area contributed by atoms with Crippen molar-refractivity contribution >= 4 is 20.9 Å². The molecule has 1 N–H and O–H groups in total. The molecule has 4 rings (SSSR count). The van der Waals surface area contributed by atoms with E-state index in [0.29, 0.717) is 23.5 Å². The quantitative estimate of drug-likeness (QED) is 0.677. The molecule has 1 aliphatic heterocycles. The Bertz CT molecular complexity index is 1210. The zero-order chi connectivity index (χ0) is 21.2. The number of phenols is 1. The van der Waals surface area contributed by atoms with E-state index in [4.69, 9.17) is 0 Å². The van der Waals surface area contributed by atoms with E-state index in [2.05, 4.69) is 10.1 Å². The predicted octanol–water partition coefficient (Wildman–Crippen LogP) is 3.66. The summed E-state index contributed by atoms with van der Waals surface area (Å²) in [7, 11) is -3.12. The van der Waals surface area contributed by atoms with E-state index < -0.39 is 32.9 Å². The molecular formula is C19H18F3N3O3S. The monoisotopic (exact) mass is 425 g/mol. The van der Waals surface area contributed by atoms with E-state index in [9.17, 15) is 26.7 Å². The predicted molar refractivity (Wildman–Crippen MR) is 101 cm³/mol. The smallest absolute Gasteiger partial charge is 0.416 e. The normalized spacial score (nSPS) is 21.7. The van der Waals surface area contributed by atoms with E-state index in [0.717, 1.165) is 6.07 Å². The van der Waals surface area contributed by atoms with Gasteiger partial charge in [0.15, 0.2) is 15.5 Å². The number of aromatic hydroxyl groups is 1. The van der Waals surface area contributed by atoms with Gasteiger partial charge in [0.05, 0.1) is 28.3 Å². The zero-order valence-electron chi connectivity index (χ0n) is 15.7. The number of aryl methyl sites for hydroxylation is 1. The lowest BCUT2D eigenvalue weighted by Crippen LogP contribution is -2.31. The highest BCUT2D eigenvalue weighted by atomic mass is 32.2. The Labute approximate surface area is 164 Å². The number of aromatic nitrogens is 3. The molecule has 1 aliphatic rings. The van der Waals surface area contributed by atoms with Gasteiger partial charge in [-0.3, -0.25) is 4.68 Å². The second kappa shape index (κ2) is 6.19. The van der Waals surface area contributed by atoms with Crippen LogP contribution < -0.4 is 0 Å². The van der Waals surface area contributed by atoms with Crippen molar-refractivity contribution in [3.8, 4) is 17.0 Å². The van der Waals surface area contributed by atoms with Crippen LogP contribution in [0.25, 0.3) is 22.3 Å². The third-order valence-electron chi connectivity index (χ3n) is 5.30. The number of phenolic OH excluding ortho intramolecular Hbond substituents is 1. The van der Waals surface area contributed by atoms with Gasteiger partial charge in [-0.2, -0.15) is 18.3 Å². The van der Waals surface area contributed by atoms with Crippen molar-refractivity contribution in [2.24, 2.45) is 0 Å². The molecule has 154 valence electrons. The number of hydrogen-bond donors (Lipinski definition) is 1. The van der Waals surface area contributed by atoms with E-state index in [1.54, 1.807) is 23.0 Å². The first-order valence-corrected chi connectivity index (χ1v) is 10.7. The number of hydrogen-bond acceptors (Lipinski definition) is 5. The molecule has 1 saturated heterocycles. The Morgan fingerprint density at radius 1 is 1.24 bits per heavy atom. The largest absolute Gasteiger partial charge is 0.507 e. The van der Waals surface area contributed by atoms with Gasteiger partial charge < -0.3 is 5.11 Å². The molecule has 1 fully saturated rings. The molecule has 0 radical (unpaired) electrons. The van der Waals surface area contributed by atoms with Gasteiger partial charge in [-0.25, -0.2) is 13.4 Å². The maximum atomic E-state index is 12.9. The van der Waals surface area contributed by atoms with E-state index >= 15 is 0 Å². The highest BCUT2D eigenvalue weighted by molar-refractivity contribution is 7.91. The average molecular weight is 425 g/mol. The van der Waals surface area contributed by atoms with Crippen molar-refractivity contribution in [3.63, 3.8) is 0 Å². The summed E-state index contributed by atoms with van der Waals surface area (Å²) in [5.41, 5.74) is -0.563. The maximum absolute atomic E-state index is 12.9. The molecule has 1 atom stereocenters. The van der Waals surface area contributed by atoms with E-state index in [1.165, 1.54) is 6.92 Å². The Morgan fingerprint density at radius 3 is 2.55 bits per heavy atom. The number of benzene rings is 1. The fourth-order valence-corrected chi connectivity index (χ4v) is 5.88. The first-order chi connectivity index (χ1) is 13.4. The molecule has 0 spiro atoms. The van der Waals surface area contributed by atoms with Gasteiger partial charge >= 0.3 is 6.18 Å². The molecule has 0 saturated carbocycles. The van der Waals surface area contributed by atoms with Gasteiger partial charge in [0, 0.05) is 17.1 Å². The van der Waals surface area contributed by atoms with Crippen molar-refractivity contribution in [1.29, 1.82) is 0 Å². The molecule has 0 bridgehead atoms. The van der Waals surface area contributed by atoms with Gasteiger partial charge in [0.2, 0.25) is 0 Å². The molecule has 3 heterocycles. The van der Waals surface area contributed by atoms with Crippen molar-refractivity contribution < 1.29 is 26.7 Å². The van der Waals surface area contributed by atoms with Crippen LogP contribution in [-0.2, 0) is 21.6 Å². The fourth-order valence-electron chi connectivity index (χ4n) is 3.76. The van der Waals surface area contributed by atoms with Gasteiger partial charge in [-0.1, -0.05) is 0 Å². The summed E-state index contributed by atoms with van der Waals surface area (Å²) in [5, 5.41) is 15.3. The molecular weight excluding hydrogens is 407 g/mol. The van der Waals surface area contributed by atoms with Crippen LogP contribution in [0.3, 0.4) is 0 Å². The number of fused-ring (bicyclic) bond motifs is 1. The second-order valence-corrected chi connectivity index (χ2v) is 9.89. The van der Waals surface area contributed by atoms with Crippen molar-refractivity contribution in [2.75, 3.05) is 11.5 Å². The molecule has 2 aromatic heterocycles. The van der Waals surface area contributed by atoms with Gasteiger partial charge in [-0.15, -0.1) is 0 Å². The van der Waals surface area contributed by atoms with Crippen LogP contribution in [-0.4, -0.2) is 39.8 Å². The lowest BCUT2D eigenvalue weighted by molar-refractivity contribution is -0.137. The molecule has 3 aromatic rings. The van der Waals surface area contributed by atoms with Crippen LogP contribution in [0.4, 0.5) is 13.2 Å². The molecule has 0 aliphatic carbocycles. The molecule has 0 amide bonds. The minimum absolute atomic E-state index is 0.0142. The third kappa shape index (κ3) is 3.45. The molecule has 0 unspecified atom stereocenters. The van der Waals surface area contributed by atoms with Gasteiger partial charge in [-0.05, 0) is 50.1 Å². The van der Waals surface area contributed by atoms with Crippen LogP contribution in [0.15, 0.2) is 30.5 Å². The third-order valence-corrected chi connectivity index (χ3v) is 7.19. The SMILES string of the molecule is Cc1cc(C(F)(F)F)cc(O)c1-c1ccc2cn([C@@]3(C)CCS(=O)(=O)C3)nc2n1. The van der Waals surface area contributed by atoms with E-state index in [1.807, 2.05) is 6.92 Å². The number of halogens is 3. The highest BCUT2D eigenvalue weighted by Gasteiger charge is 2.40. The number of rotatable bonds is 2. The Hall–Kier alpha value is -2.62. The van der Waals surface area contributed by atoms with Crippen LogP contribution in [0.1, 0.15) is 24.5 Å². The van der Waals surface area contributed by atoms with Crippen LogP contribution in [0.2, 0.25) is 0 Å². The topological polar surface area (TPSA) is 85.1 Å². The lowest BCUT2D eigenvalue weighted by atomic mass is 10.00.